The van der Waals surface area contributed by atoms with Gasteiger partial charge in [-0.2, -0.15) is 0 Å². The molecule has 0 bridgehead atoms. The molecule has 0 aliphatic heterocycles. The van der Waals surface area contributed by atoms with Gasteiger partial charge in [-0.15, -0.1) is 16.7 Å². The summed E-state index contributed by atoms with van der Waals surface area (Å²) in [6.07, 6.45) is 0. The molecule has 0 saturated carbocycles. The van der Waals surface area contributed by atoms with Crippen LogP contribution in [0.2, 0.25) is 13.1 Å². The first kappa shape index (κ1) is 15.1. The molecule has 0 unspecified atom stereocenters. The number of aryl methyl sites for hydroxylation is 1. The molecule has 0 aliphatic carbocycles. The minimum Gasteiger partial charge on any atom is -0.529 e. The summed E-state index contributed by atoms with van der Waals surface area (Å²) in [6.45, 7) is 6.23. The Morgan fingerprint density at radius 2 is 1.83 bits per heavy atom. The van der Waals surface area contributed by atoms with Gasteiger partial charge in [-0.25, -0.2) is 0 Å². The lowest BCUT2D eigenvalue weighted by Crippen LogP contribution is -2.36. The minimum absolute atomic E-state index is 0.547. The van der Waals surface area contributed by atoms with Crippen LogP contribution in [0.4, 0.5) is 0 Å². The molecule has 3 nitrogen and oxygen atoms in total. The van der Waals surface area contributed by atoms with E-state index < -0.39 is 8.32 Å². The lowest BCUT2D eigenvalue weighted by molar-refractivity contribution is 0.413. The van der Waals surface area contributed by atoms with Gasteiger partial charge in [-0.05, 0) is 32.2 Å². The molecule has 0 aromatic heterocycles. The first-order chi connectivity index (χ1) is 8.34. The molecular formula is C13H21ClN2OSi. The van der Waals surface area contributed by atoms with Crippen LogP contribution in [0.15, 0.2) is 29.4 Å². The van der Waals surface area contributed by atoms with Crippen molar-refractivity contribution >= 4 is 25.8 Å². The molecular weight excluding hydrogens is 264 g/mol. The number of benzene rings is 1. The maximum atomic E-state index is 6.04. The minimum atomic E-state index is -1.90. The zero-order valence-corrected chi connectivity index (χ0v) is 13.5. The van der Waals surface area contributed by atoms with E-state index in [4.69, 9.17) is 16.0 Å². The Kier molecular flexibility index (Phi) is 5.23. The molecule has 1 rings (SSSR count). The van der Waals surface area contributed by atoms with E-state index in [1.54, 1.807) is 5.01 Å². The first-order valence-electron chi connectivity index (χ1n) is 5.92. The molecule has 0 atom stereocenters. The average Bonchev–Trinajstić information content (AvgIpc) is 2.28. The summed E-state index contributed by atoms with van der Waals surface area (Å²) < 4.78 is 6.04. The Bertz CT molecular complexity index is 416. The second-order valence-electron chi connectivity index (χ2n) is 5.11. The molecule has 0 N–H and O–H groups in total. The van der Waals surface area contributed by atoms with Crippen molar-refractivity contribution in [2.45, 2.75) is 20.0 Å². The highest BCUT2D eigenvalue weighted by molar-refractivity contribution is 6.79. The Morgan fingerprint density at radius 3 is 2.28 bits per heavy atom. The lowest BCUT2D eigenvalue weighted by atomic mass is 10.1. The van der Waals surface area contributed by atoms with Crippen molar-refractivity contribution < 1.29 is 4.43 Å². The number of hydrogen-bond donors (Lipinski definition) is 0. The molecule has 1 aromatic carbocycles. The van der Waals surface area contributed by atoms with Gasteiger partial charge in [-0.1, -0.05) is 17.7 Å². The SMILES string of the molecule is Cc1ccc(C(=NN(C)C)O[Si](C)(C)CCl)cc1. The maximum absolute atomic E-state index is 6.04. The zero-order valence-electron chi connectivity index (χ0n) is 11.7. The summed E-state index contributed by atoms with van der Waals surface area (Å²) >= 11 is 5.95. The van der Waals surface area contributed by atoms with E-state index in [1.165, 1.54) is 5.56 Å². The van der Waals surface area contributed by atoms with Gasteiger partial charge in [-0.3, -0.25) is 5.01 Å². The zero-order chi connectivity index (χ0) is 13.8. The van der Waals surface area contributed by atoms with Crippen LogP contribution in [0.1, 0.15) is 11.1 Å². The van der Waals surface area contributed by atoms with E-state index in [9.17, 15) is 0 Å². The van der Waals surface area contributed by atoms with Crippen LogP contribution < -0.4 is 0 Å². The molecule has 0 radical (unpaired) electrons. The van der Waals surface area contributed by atoms with Crippen molar-refractivity contribution in [1.29, 1.82) is 0 Å². The number of hydrazone groups is 1. The molecule has 0 spiro atoms. The fourth-order valence-corrected chi connectivity index (χ4v) is 2.20. The monoisotopic (exact) mass is 284 g/mol. The van der Waals surface area contributed by atoms with Gasteiger partial charge in [0.05, 0.1) is 5.50 Å². The van der Waals surface area contributed by atoms with Crippen LogP contribution in [0, 0.1) is 6.92 Å². The quantitative estimate of drug-likeness (QED) is 0.279. The summed E-state index contributed by atoms with van der Waals surface area (Å²) in [6, 6.07) is 8.16. The molecule has 0 aliphatic rings. The predicted molar refractivity (Wildman–Crippen MR) is 80.7 cm³/mol. The highest BCUT2D eigenvalue weighted by Crippen LogP contribution is 2.13. The van der Waals surface area contributed by atoms with Crippen LogP contribution in [-0.4, -0.2) is 38.8 Å². The first-order valence-corrected chi connectivity index (χ1v) is 9.57. The number of alkyl halides is 1. The Balaban J connectivity index is 3.03. The van der Waals surface area contributed by atoms with Crippen molar-refractivity contribution in [3.63, 3.8) is 0 Å². The van der Waals surface area contributed by atoms with Gasteiger partial charge in [0.15, 0.2) is 0 Å². The van der Waals surface area contributed by atoms with Crippen LogP contribution in [0.3, 0.4) is 0 Å². The third-order valence-electron chi connectivity index (χ3n) is 2.28. The summed E-state index contributed by atoms with van der Waals surface area (Å²) in [7, 11) is 1.87. The van der Waals surface area contributed by atoms with Gasteiger partial charge < -0.3 is 4.43 Å². The summed E-state index contributed by atoms with van der Waals surface area (Å²) in [5, 5.41) is 6.16. The molecule has 100 valence electrons. The van der Waals surface area contributed by atoms with Crippen LogP contribution in [-0.2, 0) is 4.43 Å². The van der Waals surface area contributed by atoms with Crippen molar-refractivity contribution in [3.8, 4) is 0 Å². The molecule has 0 saturated heterocycles. The largest absolute Gasteiger partial charge is 0.529 e. The van der Waals surface area contributed by atoms with Crippen LogP contribution in [0.5, 0.6) is 0 Å². The fourth-order valence-electron chi connectivity index (χ4n) is 1.30. The summed E-state index contributed by atoms with van der Waals surface area (Å²) in [4.78, 5) is 0. The second kappa shape index (κ2) is 6.25. The standard InChI is InChI=1S/C13H21ClN2OSi/c1-11-6-8-12(9-7-11)13(15-16(2)3)17-18(4,5)10-14/h6-9H,10H2,1-5H3. The smallest absolute Gasteiger partial charge is 0.261 e. The fraction of sp³-hybridized carbons (Fsp3) is 0.462. The van der Waals surface area contributed by atoms with Gasteiger partial charge in [0.25, 0.3) is 8.32 Å². The van der Waals surface area contributed by atoms with E-state index in [2.05, 4.69) is 37.3 Å². The third kappa shape index (κ3) is 4.70. The van der Waals surface area contributed by atoms with E-state index >= 15 is 0 Å². The molecule has 0 fully saturated rings. The third-order valence-corrected chi connectivity index (χ3v) is 5.60. The molecule has 1 aromatic rings. The summed E-state index contributed by atoms with van der Waals surface area (Å²) in [5.74, 6) is 0.650. The number of hydrogen-bond acceptors (Lipinski definition) is 3. The Hall–Kier alpha value is -1.00. The van der Waals surface area contributed by atoms with Crippen molar-refractivity contribution in [2.75, 3.05) is 19.6 Å². The average molecular weight is 285 g/mol. The highest BCUT2D eigenvalue weighted by atomic mass is 35.5. The van der Waals surface area contributed by atoms with E-state index in [-0.39, 0.29) is 0 Å². The van der Waals surface area contributed by atoms with Crippen molar-refractivity contribution in [2.24, 2.45) is 5.10 Å². The number of halogens is 1. The maximum Gasteiger partial charge on any atom is 0.261 e. The van der Waals surface area contributed by atoms with Crippen molar-refractivity contribution in [3.05, 3.63) is 35.4 Å². The Labute approximate surface area is 116 Å². The molecule has 0 amide bonds. The van der Waals surface area contributed by atoms with Crippen molar-refractivity contribution in [1.82, 2.24) is 5.01 Å². The topological polar surface area (TPSA) is 24.8 Å². The number of rotatable bonds is 4. The molecule has 0 heterocycles. The highest BCUT2D eigenvalue weighted by Gasteiger charge is 2.25. The Morgan fingerprint density at radius 1 is 1.28 bits per heavy atom. The summed E-state index contributed by atoms with van der Waals surface area (Å²) in [5.41, 5.74) is 2.75. The van der Waals surface area contributed by atoms with E-state index in [0.717, 1.165) is 5.56 Å². The second-order valence-corrected chi connectivity index (χ2v) is 9.91. The van der Waals surface area contributed by atoms with Crippen LogP contribution >= 0.6 is 11.6 Å². The van der Waals surface area contributed by atoms with Gasteiger partial charge >= 0.3 is 0 Å². The van der Waals surface area contributed by atoms with Crippen LogP contribution in [0.25, 0.3) is 0 Å². The molecule has 5 heteroatoms. The number of nitrogens with zero attached hydrogens (tertiary/aromatic N) is 2. The predicted octanol–water partition coefficient (Wildman–Crippen LogP) is 3.22. The van der Waals surface area contributed by atoms with E-state index in [1.807, 2.05) is 26.2 Å². The van der Waals surface area contributed by atoms with Gasteiger partial charge in [0.1, 0.15) is 0 Å². The van der Waals surface area contributed by atoms with Gasteiger partial charge in [0.2, 0.25) is 5.90 Å². The van der Waals surface area contributed by atoms with Gasteiger partial charge in [0, 0.05) is 19.7 Å². The molecule has 18 heavy (non-hydrogen) atoms. The lowest BCUT2D eigenvalue weighted by Gasteiger charge is -2.23. The van der Waals surface area contributed by atoms with E-state index in [0.29, 0.717) is 11.4 Å². The normalized spacial score (nSPS) is 12.4.